The SMILES string of the molecule is CC(C)(C)[Si](C)(C)Oc1ccccc1-c1ccc(N)cc1F. The third kappa shape index (κ3) is 3.33. The molecule has 0 heterocycles. The van der Waals surface area contributed by atoms with Crippen LogP contribution in [0.2, 0.25) is 18.1 Å². The largest absolute Gasteiger partial charge is 0.543 e. The number of rotatable bonds is 3. The molecule has 0 bridgehead atoms. The van der Waals surface area contributed by atoms with E-state index in [-0.39, 0.29) is 10.9 Å². The zero-order valence-corrected chi connectivity index (χ0v) is 14.9. The Kier molecular flexibility index (Phi) is 4.34. The fourth-order valence-electron chi connectivity index (χ4n) is 1.96. The van der Waals surface area contributed by atoms with Crippen molar-refractivity contribution in [2.75, 3.05) is 5.73 Å². The molecule has 118 valence electrons. The summed E-state index contributed by atoms with van der Waals surface area (Å²) in [6.45, 7) is 10.9. The lowest BCUT2D eigenvalue weighted by molar-refractivity contribution is 0.493. The van der Waals surface area contributed by atoms with Gasteiger partial charge in [0.2, 0.25) is 0 Å². The van der Waals surface area contributed by atoms with Gasteiger partial charge in [-0.3, -0.25) is 0 Å². The van der Waals surface area contributed by atoms with Crippen LogP contribution in [-0.4, -0.2) is 8.32 Å². The van der Waals surface area contributed by atoms with Crippen LogP contribution in [0.25, 0.3) is 11.1 Å². The summed E-state index contributed by atoms with van der Waals surface area (Å²) in [5, 5.41) is 0.0831. The zero-order chi connectivity index (χ0) is 16.5. The summed E-state index contributed by atoms with van der Waals surface area (Å²) in [6, 6.07) is 12.4. The van der Waals surface area contributed by atoms with E-state index in [4.69, 9.17) is 10.2 Å². The second-order valence-electron chi connectivity index (χ2n) is 7.10. The van der Waals surface area contributed by atoms with Gasteiger partial charge in [-0.2, -0.15) is 0 Å². The Labute approximate surface area is 133 Å². The van der Waals surface area contributed by atoms with Crippen LogP contribution in [0, 0.1) is 5.82 Å². The van der Waals surface area contributed by atoms with Crippen molar-refractivity contribution in [1.82, 2.24) is 0 Å². The van der Waals surface area contributed by atoms with Crippen LogP contribution < -0.4 is 10.2 Å². The molecular formula is C18H24FNOSi. The normalized spacial score (nSPS) is 12.3. The lowest BCUT2D eigenvalue weighted by Gasteiger charge is -2.37. The number of anilines is 1. The van der Waals surface area contributed by atoms with Crippen molar-refractivity contribution in [2.45, 2.75) is 38.9 Å². The van der Waals surface area contributed by atoms with Crippen molar-refractivity contribution in [2.24, 2.45) is 0 Å². The molecule has 0 radical (unpaired) electrons. The van der Waals surface area contributed by atoms with E-state index in [0.29, 0.717) is 11.3 Å². The predicted octanol–water partition coefficient (Wildman–Crippen LogP) is 5.46. The molecule has 0 atom stereocenters. The highest BCUT2D eigenvalue weighted by Crippen LogP contribution is 2.40. The van der Waals surface area contributed by atoms with Gasteiger partial charge in [0, 0.05) is 16.8 Å². The molecule has 4 heteroatoms. The molecule has 0 aliphatic carbocycles. The highest BCUT2D eigenvalue weighted by molar-refractivity contribution is 6.74. The average molecular weight is 317 g/mol. The lowest BCUT2D eigenvalue weighted by atomic mass is 10.0. The molecular weight excluding hydrogens is 293 g/mol. The highest BCUT2D eigenvalue weighted by Gasteiger charge is 2.39. The molecule has 2 nitrogen and oxygen atoms in total. The smallest absolute Gasteiger partial charge is 0.250 e. The van der Waals surface area contributed by atoms with Gasteiger partial charge in [0.25, 0.3) is 8.32 Å². The van der Waals surface area contributed by atoms with Crippen molar-refractivity contribution in [1.29, 1.82) is 0 Å². The van der Waals surface area contributed by atoms with Gasteiger partial charge in [-0.1, -0.05) is 39.0 Å². The van der Waals surface area contributed by atoms with E-state index in [0.717, 1.165) is 11.3 Å². The first kappa shape index (κ1) is 16.6. The van der Waals surface area contributed by atoms with Crippen LogP contribution in [-0.2, 0) is 0 Å². The van der Waals surface area contributed by atoms with E-state index in [1.807, 2.05) is 24.3 Å². The minimum atomic E-state index is -1.99. The Hall–Kier alpha value is -1.81. The maximum atomic E-state index is 14.3. The first-order chi connectivity index (χ1) is 10.1. The van der Waals surface area contributed by atoms with E-state index in [9.17, 15) is 4.39 Å². The fourth-order valence-corrected chi connectivity index (χ4v) is 2.99. The Morgan fingerprint density at radius 3 is 2.23 bits per heavy atom. The van der Waals surface area contributed by atoms with Crippen LogP contribution in [0.15, 0.2) is 42.5 Å². The molecule has 2 rings (SSSR count). The predicted molar refractivity (Wildman–Crippen MR) is 94.1 cm³/mol. The first-order valence-electron chi connectivity index (χ1n) is 7.45. The van der Waals surface area contributed by atoms with Crippen LogP contribution in [0.3, 0.4) is 0 Å². The van der Waals surface area contributed by atoms with Crippen molar-refractivity contribution in [3.05, 3.63) is 48.3 Å². The van der Waals surface area contributed by atoms with E-state index >= 15 is 0 Å². The van der Waals surface area contributed by atoms with Crippen LogP contribution in [0.1, 0.15) is 20.8 Å². The molecule has 0 fully saturated rings. The minimum absolute atomic E-state index is 0.0831. The molecule has 0 saturated carbocycles. The summed E-state index contributed by atoms with van der Waals surface area (Å²) in [5.74, 6) is 0.407. The van der Waals surface area contributed by atoms with Gasteiger partial charge < -0.3 is 10.2 Å². The Balaban J connectivity index is 2.48. The topological polar surface area (TPSA) is 35.2 Å². The minimum Gasteiger partial charge on any atom is -0.543 e. The molecule has 22 heavy (non-hydrogen) atoms. The van der Waals surface area contributed by atoms with Crippen molar-refractivity contribution < 1.29 is 8.82 Å². The molecule has 0 saturated heterocycles. The lowest BCUT2D eigenvalue weighted by Crippen LogP contribution is -2.44. The number of halogens is 1. The summed E-state index contributed by atoms with van der Waals surface area (Å²) in [7, 11) is -1.99. The Morgan fingerprint density at radius 2 is 1.64 bits per heavy atom. The molecule has 0 unspecified atom stereocenters. The van der Waals surface area contributed by atoms with Gasteiger partial charge in [-0.25, -0.2) is 4.39 Å². The van der Waals surface area contributed by atoms with Gasteiger partial charge in [-0.05, 0) is 42.4 Å². The van der Waals surface area contributed by atoms with Gasteiger partial charge in [0.1, 0.15) is 11.6 Å². The average Bonchev–Trinajstić information content (AvgIpc) is 2.38. The number of hydrogen-bond donors (Lipinski definition) is 1. The van der Waals surface area contributed by atoms with Crippen LogP contribution in [0.5, 0.6) is 5.75 Å². The molecule has 0 aliphatic rings. The molecule has 0 aromatic heterocycles. The Morgan fingerprint density at radius 1 is 1.00 bits per heavy atom. The van der Waals surface area contributed by atoms with Gasteiger partial charge >= 0.3 is 0 Å². The second kappa shape index (κ2) is 5.76. The quantitative estimate of drug-likeness (QED) is 0.602. The van der Waals surface area contributed by atoms with E-state index in [1.54, 1.807) is 12.1 Å². The summed E-state index contributed by atoms with van der Waals surface area (Å²) in [5.41, 5.74) is 7.34. The van der Waals surface area contributed by atoms with Gasteiger partial charge in [-0.15, -0.1) is 0 Å². The molecule has 0 spiro atoms. The number of hydrogen-bond acceptors (Lipinski definition) is 2. The van der Waals surface area contributed by atoms with E-state index < -0.39 is 8.32 Å². The maximum Gasteiger partial charge on any atom is 0.250 e. The van der Waals surface area contributed by atoms with Gasteiger partial charge in [0.05, 0.1) is 0 Å². The zero-order valence-electron chi connectivity index (χ0n) is 13.9. The standard InChI is InChI=1S/C18H24FNOSi/c1-18(2,3)22(4,5)21-17-9-7-6-8-15(17)14-11-10-13(20)12-16(14)19/h6-12H,20H2,1-5H3. The molecule has 0 aliphatic heterocycles. The monoisotopic (exact) mass is 317 g/mol. The Bertz CT molecular complexity index is 677. The highest BCUT2D eigenvalue weighted by atomic mass is 28.4. The van der Waals surface area contributed by atoms with Crippen molar-refractivity contribution >= 4 is 14.0 Å². The summed E-state index contributed by atoms with van der Waals surface area (Å²) < 4.78 is 20.6. The first-order valence-corrected chi connectivity index (χ1v) is 10.4. The summed E-state index contributed by atoms with van der Waals surface area (Å²) in [6.07, 6.45) is 0. The molecule has 2 N–H and O–H groups in total. The van der Waals surface area contributed by atoms with Crippen LogP contribution >= 0.6 is 0 Å². The number of benzene rings is 2. The summed E-state index contributed by atoms with van der Waals surface area (Å²) in [4.78, 5) is 0. The van der Waals surface area contributed by atoms with Crippen molar-refractivity contribution in [3.63, 3.8) is 0 Å². The number of para-hydroxylation sites is 1. The molecule has 2 aromatic carbocycles. The number of nitrogen functional groups attached to an aromatic ring is 1. The third-order valence-corrected chi connectivity index (χ3v) is 8.68. The van der Waals surface area contributed by atoms with E-state index in [2.05, 4.69) is 33.9 Å². The third-order valence-electron chi connectivity index (χ3n) is 4.34. The molecule has 2 aromatic rings. The van der Waals surface area contributed by atoms with E-state index in [1.165, 1.54) is 6.07 Å². The molecule has 0 amide bonds. The second-order valence-corrected chi connectivity index (χ2v) is 11.8. The fraction of sp³-hybridized carbons (Fsp3) is 0.333. The summed E-state index contributed by atoms with van der Waals surface area (Å²) >= 11 is 0. The maximum absolute atomic E-state index is 14.3. The van der Waals surface area contributed by atoms with Crippen molar-refractivity contribution in [3.8, 4) is 16.9 Å². The van der Waals surface area contributed by atoms with Gasteiger partial charge in [0.15, 0.2) is 0 Å². The van der Waals surface area contributed by atoms with Crippen LogP contribution in [0.4, 0.5) is 10.1 Å². The number of nitrogens with two attached hydrogens (primary N) is 1.